The number of carbonyl (C=O) groups excluding carboxylic acids is 1. The molecule has 2 aliphatic rings. The standard InChI is InChI=1S/C25H32N2O4/c1-30-17-24(29)26-13-3-4-14-27-22(15-26)25(23(27)16-28)20-7-5-18(6-8-20)19-9-11-21(31-2)12-10-19/h5-12,22-23,25,28H,3-4,13-17H2,1-2H3/t22-,23-,25+/m1/s1. The van der Waals surface area contributed by atoms with E-state index < -0.39 is 0 Å². The van der Waals surface area contributed by atoms with E-state index in [0.717, 1.165) is 42.8 Å². The number of rotatable bonds is 6. The zero-order valence-corrected chi connectivity index (χ0v) is 18.4. The number of hydrogen-bond donors (Lipinski definition) is 1. The SMILES string of the molecule is COCC(=O)N1CCCCN2[C@H](CO)[C@@H](c3ccc(-c4ccc(OC)cc4)cc3)[C@H]2C1. The molecule has 6 nitrogen and oxygen atoms in total. The van der Waals surface area contributed by atoms with E-state index >= 15 is 0 Å². The number of amides is 1. The predicted octanol–water partition coefficient (Wildman–Crippen LogP) is 2.76. The number of aliphatic hydroxyl groups excluding tert-OH is 1. The van der Waals surface area contributed by atoms with Crippen molar-refractivity contribution >= 4 is 5.91 Å². The topological polar surface area (TPSA) is 62.2 Å². The number of fused-ring (bicyclic) bond motifs is 1. The molecular formula is C25H32N2O4. The molecule has 31 heavy (non-hydrogen) atoms. The largest absolute Gasteiger partial charge is 0.497 e. The van der Waals surface area contributed by atoms with Crippen LogP contribution in [0.25, 0.3) is 11.1 Å². The molecule has 2 aromatic rings. The van der Waals surface area contributed by atoms with Crippen molar-refractivity contribution in [2.24, 2.45) is 0 Å². The van der Waals surface area contributed by atoms with Gasteiger partial charge in [-0.3, -0.25) is 9.69 Å². The lowest BCUT2D eigenvalue weighted by atomic mass is 9.74. The summed E-state index contributed by atoms with van der Waals surface area (Å²) in [4.78, 5) is 16.8. The fraction of sp³-hybridized carbons (Fsp3) is 0.480. The van der Waals surface area contributed by atoms with Crippen LogP contribution in [0.15, 0.2) is 48.5 Å². The zero-order valence-electron chi connectivity index (χ0n) is 18.4. The van der Waals surface area contributed by atoms with E-state index in [2.05, 4.69) is 41.3 Å². The van der Waals surface area contributed by atoms with Crippen molar-refractivity contribution in [1.82, 2.24) is 9.80 Å². The van der Waals surface area contributed by atoms with Gasteiger partial charge in [-0.05, 0) is 48.2 Å². The second kappa shape index (κ2) is 9.81. The number of ether oxygens (including phenoxy) is 2. The van der Waals surface area contributed by atoms with E-state index in [-0.39, 0.29) is 37.1 Å². The Hall–Kier alpha value is -2.41. The third-order valence-electron chi connectivity index (χ3n) is 6.71. The fourth-order valence-corrected chi connectivity index (χ4v) is 5.06. The Kier molecular flexibility index (Phi) is 6.90. The maximum Gasteiger partial charge on any atom is 0.248 e. The molecule has 2 aliphatic heterocycles. The molecule has 0 radical (unpaired) electrons. The van der Waals surface area contributed by atoms with E-state index in [1.54, 1.807) is 14.2 Å². The van der Waals surface area contributed by atoms with Gasteiger partial charge in [-0.25, -0.2) is 0 Å². The van der Waals surface area contributed by atoms with E-state index in [0.29, 0.717) is 6.54 Å². The van der Waals surface area contributed by atoms with Crippen molar-refractivity contribution in [3.8, 4) is 16.9 Å². The first-order chi connectivity index (χ1) is 15.2. The average molecular weight is 425 g/mol. The van der Waals surface area contributed by atoms with Gasteiger partial charge < -0.3 is 19.5 Å². The maximum atomic E-state index is 12.5. The van der Waals surface area contributed by atoms with E-state index in [1.807, 2.05) is 17.0 Å². The van der Waals surface area contributed by atoms with Crippen LogP contribution in [0.3, 0.4) is 0 Å². The molecule has 6 heteroatoms. The van der Waals surface area contributed by atoms with Gasteiger partial charge in [-0.1, -0.05) is 36.4 Å². The predicted molar refractivity (Wildman–Crippen MR) is 120 cm³/mol. The summed E-state index contributed by atoms with van der Waals surface area (Å²) in [6.45, 7) is 2.69. The van der Waals surface area contributed by atoms with Crippen LogP contribution in [0.5, 0.6) is 5.75 Å². The quantitative estimate of drug-likeness (QED) is 0.773. The van der Waals surface area contributed by atoms with Gasteiger partial charge in [0.15, 0.2) is 0 Å². The van der Waals surface area contributed by atoms with E-state index in [1.165, 1.54) is 5.56 Å². The Bertz CT molecular complexity index is 868. The second-order valence-electron chi connectivity index (χ2n) is 8.41. The van der Waals surface area contributed by atoms with Crippen molar-refractivity contribution in [3.05, 3.63) is 54.1 Å². The van der Waals surface area contributed by atoms with Crippen LogP contribution < -0.4 is 4.74 Å². The lowest BCUT2D eigenvalue weighted by Gasteiger charge is -2.57. The lowest BCUT2D eigenvalue weighted by Crippen LogP contribution is -2.68. The zero-order chi connectivity index (χ0) is 21.8. The highest BCUT2D eigenvalue weighted by Crippen LogP contribution is 2.42. The van der Waals surface area contributed by atoms with Crippen LogP contribution in [-0.4, -0.2) is 80.0 Å². The third-order valence-corrected chi connectivity index (χ3v) is 6.71. The third kappa shape index (κ3) is 4.47. The first kappa shape index (κ1) is 21.8. The number of methoxy groups -OCH3 is 2. The molecule has 0 spiro atoms. The monoisotopic (exact) mass is 424 g/mol. The Morgan fingerprint density at radius 1 is 1.00 bits per heavy atom. The molecule has 0 aliphatic carbocycles. The highest BCUT2D eigenvalue weighted by atomic mass is 16.5. The van der Waals surface area contributed by atoms with Crippen LogP contribution in [0, 0.1) is 0 Å². The summed E-state index contributed by atoms with van der Waals surface area (Å²) in [6, 6.07) is 17.0. The molecule has 0 aromatic heterocycles. The van der Waals surface area contributed by atoms with E-state index in [9.17, 15) is 9.90 Å². The molecule has 3 atom stereocenters. The van der Waals surface area contributed by atoms with Gasteiger partial charge in [0.2, 0.25) is 5.91 Å². The van der Waals surface area contributed by atoms with E-state index in [4.69, 9.17) is 9.47 Å². The first-order valence-corrected chi connectivity index (χ1v) is 11.0. The van der Waals surface area contributed by atoms with Crippen molar-refractivity contribution in [3.63, 3.8) is 0 Å². The molecule has 166 valence electrons. The van der Waals surface area contributed by atoms with Crippen molar-refractivity contribution in [2.45, 2.75) is 30.8 Å². The van der Waals surface area contributed by atoms with Gasteiger partial charge >= 0.3 is 0 Å². The summed E-state index contributed by atoms with van der Waals surface area (Å²) >= 11 is 0. The summed E-state index contributed by atoms with van der Waals surface area (Å²) in [5.74, 6) is 1.11. The number of carbonyl (C=O) groups is 1. The lowest BCUT2D eigenvalue weighted by molar-refractivity contribution is -0.140. The Labute approximate surface area is 184 Å². The minimum Gasteiger partial charge on any atom is -0.497 e. The minimum absolute atomic E-state index is 0.0467. The summed E-state index contributed by atoms with van der Waals surface area (Å²) in [5.41, 5.74) is 3.51. The molecule has 1 N–H and O–H groups in total. The summed E-state index contributed by atoms with van der Waals surface area (Å²) in [7, 11) is 3.23. The molecular weight excluding hydrogens is 392 g/mol. The number of nitrogens with zero attached hydrogens (tertiary/aromatic N) is 2. The summed E-state index contributed by atoms with van der Waals surface area (Å²) < 4.78 is 10.3. The molecule has 2 saturated heterocycles. The molecule has 2 fully saturated rings. The molecule has 4 rings (SSSR count). The van der Waals surface area contributed by atoms with Gasteiger partial charge in [0.25, 0.3) is 0 Å². The van der Waals surface area contributed by atoms with Crippen LogP contribution >= 0.6 is 0 Å². The molecule has 0 saturated carbocycles. The van der Waals surface area contributed by atoms with Crippen LogP contribution in [0.4, 0.5) is 0 Å². The Morgan fingerprint density at radius 2 is 1.65 bits per heavy atom. The van der Waals surface area contributed by atoms with Gasteiger partial charge in [0, 0.05) is 38.2 Å². The number of benzene rings is 2. The first-order valence-electron chi connectivity index (χ1n) is 11.0. The smallest absolute Gasteiger partial charge is 0.248 e. The van der Waals surface area contributed by atoms with Crippen LogP contribution in [0.2, 0.25) is 0 Å². The number of hydrogen-bond acceptors (Lipinski definition) is 5. The van der Waals surface area contributed by atoms with Gasteiger partial charge in [-0.15, -0.1) is 0 Å². The molecule has 1 amide bonds. The minimum atomic E-state index is 0.0467. The highest BCUT2D eigenvalue weighted by molar-refractivity contribution is 5.77. The maximum absolute atomic E-state index is 12.5. The normalized spacial score (nSPS) is 24.0. The average Bonchev–Trinajstić information content (AvgIpc) is 2.78. The molecule has 2 aromatic carbocycles. The molecule has 0 bridgehead atoms. The molecule has 0 unspecified atom stereocenters. The highest BCUT2D eigenvalue weighted by Gasteiger charge is 2.49. The van der Waals surface area contributed by atoms with Crippen molar-refractivity contribution in [1.29, 1.82) is 0 Å². The van der Waals surface area contributed by atoms with Gasteiger partial charge in [0.05, 0.1) is 13.7 Å². The van der Waals surface area contributed by atoms with Gasteiger partial charge in [-0.2, -0.15) is 0 Å². The van der Waals surface area contributed by atoms with Crippen LogP contribution in [0.1, 0.15) is 24.3 Å². The summed E-state index contributed by atoms with van der Waals surface area (Å²) in [6.07, 6.45) is 2.02. The van der Waals surface area contributed by atoms with Crippen LogP contribution in [-0.2, 0) is 9.53 Å². The fourth-order valence-electron chi connectivity index (χ4n) is 5.06. The second-order valence-corrected chi connectivity index (χ2v) is 8.41. The van der Waals surface area contributed by atoms with Crippen molar-refractivity contribution < 1.29 is 19.4 Å². The number of aliphatic hydroxyl groups is 1. The van der Waals surface area contributed by atoms with Gasteiger partial charge in [0.1, 0.15) is 12.4 Å². The van der Waals surface area contributed by atoms with Crippen molar-refractivity contribution in [2.75, 3.05) is 47.1 Å². The Morgan fingerprint density at radius 3 is 2.26 bits per heavy atom. The molecule has 2 heterocycles. The summed E-state index contributed by atoms with van der Waals surface area (Å²) in [5, 5.41) is 10.1. The Balaban J connectivity index is 1.54.